The molecule has 0 saturated carbocycles. The van der Waals surface area contributed by atoms with Crippen LogP contribution in [0.5, 0.6) is 0 Å². The van der Waals surface area contributed by atoms with Crippen molar-refractivity contribution in [3.63, 3.8) is 0 Å². The largest absolute Gasteiger partial charge is 0.348 e. The van der Waals surface area contributed by atoms with Gasteiger partial charge >= 0.3 is 0 Å². The van der Waals surface area contributed by atoms with Crippen molar-refractivity contribution in [3.05, 3.63) is 77.6 Å². The Bertz CT molecular complexity index is 1180. The first kappa shape index (κ1) is 22.2. The number of nitrogens with zero attached hydrogens (tertiary/aromatic N) is 4. The van der Waals surface area contributed by atoms with Gasteiger partial charge in [0.15, 0.2) is 0 Å². The highest BCUT2D eigenvalue weighted by atomic mass is 32.2. The monoisotopic (exact) mass is 453 g/mol. The maximum Gasteiger partial charge on any atom is 0.255 e. The number of hydrogen-bond acceptors (Lipinski definition) is 5. The van der Waals surface area contributed by atoms with Gasteiger partial charge in [-0.2, -0.15) is 9.40 Å². The number of piperazine rings is 1. The lowest BCUT2D eigenvalue weighted by molar-refractivity contribution is 0.0950. The molecule has 1 fully saturated rings. The molecular formula is C23H27N5O3S. The molecule has 2 heterocycles. The van der Waals surface area contributed by atoms with E-state index >= 15 is 0 Å². The number of hydrogen-bond donors (Lipinski definition) is 1. The minimum absolute atomic E-state index is 0.223. The van der Waals surface area contributed by atoms with Crippen molar-refractivity contribution in [1.29, 1.82) is 0 Å². The topological polar surface area (TPSA) is 87.5 Å². The summed E-state index contributed by atoms with van der Waals surface area (Å²) in [6.07, 6.45) is 1.56. The van der Waals surface area contributed by atoms with E-state index in [0.717, 1.165) is 30.0 Å². The molecule has 0 aliphatic carbocycles. The van der Waals surface area contributed by atoms with Gasteiger partial charge < -0.3 is 10.2 Å². The summed E-state index contributed by atoms with van der Waals surface area (Å²) in [4.78, 5) is 15.1. The summed E-state index contributed by atoms with van der Waals surface area (Å²) in [6, 6.07) is 16.3. The molecule has 8 nitrogen and oxygen atoms in total. The summed E-state index contributed by atoms with van der Waals surface area (Å²) in [5, 5.41) is 7.22. The van der Waals surface area contributed by atoms with Crippen LogP contribution in [0.1, 0.15) is 21.6 Å². The number of carbonyl (C=O) groups is 1. The highest BCUT2D eigenvalue weighted by Gasteiger charge is 2.27. The molecule has 0 atom stereocenters. The number of carbonyl (C=O) groups excluding carboxylic acids is 1. The van der Waals surface area contributed by atoms with Crippen LogP contribution in [0.2, 0.25) is 0 Å². The predicted octanol–water partition coefficient (Wildman–Crippen LogP) is 2.05. The fraction of sp³-hybridized carbons (Fsp3) is 0.304. The molecule has 4 rings (SSSR count). The van der Waals surface area contributed by atoms with E-state index in [9.17, 15) is 13.2 Å². The number of para-hydroxylation sites is 1. The first-order valence-electron chi connectivity index (χ1n) is 10.5. The Hall–Kier alpha value is -3.01. The number of amides is 1. The number of benzene rings is 2. The minimum atomic E-state index is -3.50. The molecule has 1 aliphatic heterocycles. The normalized spacial score (nSPS) is 15.6. The molecule has 0 radical (unpaired) electrons. The number of rotatable bonds is 6. The van der Waals surface area contributed by atoms with Crippen molar-refractivity contribution in [1.82, 2.24) is 24.3 Å². The third-order valence-electron chi connectivity index (χ3n) is 5.73. The Morgan fingerprint density at radius 3 is 2.31 bits per heavy atom. The first-order valence-corrected chi connectivity index (χ1v) is 12.0. The van der Waals surface area contributed by atoms with Crippen LogP contribution >= 0.6 is 0 Å². The fourth-order valence-corrected chi connectivity index (χ4v) is 5.12. The Morgan fingerprint density at radius 1 is 1.00 bits per heavy atom. The summed E-state index contributed by atoms with van der Waals surface area (Å²) in [5.41, 5.74) is 2.97. The highest BCUT2D eigenvalue weighted by Crippen LogP contribution is 2.18. The van der Waals surface area contributed by atoms with Crippen LogP contribution < -0.4 is 5.32 Å². The van der Waals surface area contributed by atoms with E-state index < -0.39 is 10.0 Å². The summed E-state index contributed by atoms with van der Waals surface area (Å²) >= 11 is 0. The van der Waals surface area contributed by atoms with Crippen LogP contribution in [0.4, 0.5) is 0 Å². The zero-order valence-corrected chi connectivity index (χ0v) is 19.0. The van der Waals surface area contributed by atoms with Gasteiger partial charge in [-0.15, -0.1) is 0 Å². The zero-order valence-electron chi connectivity index (χ0n) is 18.2. The van der Waals surface area contributed by atoms with Crippen LogP contribution in [0.25, 0.3) is 5.69 Å². The van der Waals surface area contributed by atoms with Gasteiger partial charge in [0.2, 0.25) is 10.0 Å². The molecular weight excluding hydrogens is 426 g/mol. The van der Waals surface area contributed by atoms with Gasteiger partial charge in [0.1, 0.15) is 0 Å². The van der Waals surface area contributed by atoms with Gasteiger partial charge in [0, 0.05) is 32.7 Å². The standard InChI is InChI=1S/C23H27N5O3S/c1-18-22(17-25-28(18)20-6-4-3-5-7-20)23(29)24-16-19-8-10-21(11-9-19)32(30,31)27-14-12-26(2)13-15-27/h3-11,17H,12-16H2,1-2H3,(H,24,29). The Balaban J connectivity index is 1.40. The molecule has 0 bridgehead atoms. The van der Waals surface area contributed by atoms with Crippen molar-refractivity contribution in [2.24, 2.45) is 0 Å². The van der Waals surface area contributed by atoms with Crippen molar-refractivity contribution >= 4 is 15.9 Å². The quantitative estimate of drug-likeness (QED) is 0.617. The lowest BCUT2D eigenvalue weighted by atomic mass is 10.2. The second-order valence-corrected chi connectivity index (χ2v) is 9.86. The van der Waals surface area contributed by atoms with Crippen LogP contribution in [0.15, 0.2) is 65.7 Å². The smallest absolute Gasteiger partial charge is 0.255 e. The number of aromatic nitrogens is 2. The van der Waals surface area contributed by atoms with Crippen molar-refractivity contribution in [2.75, 3.05) is 33.2 Å². The van der Waals surface area contributed by atoms with E-state index in [1.165, 1.54) is 4.31 Å². The van der Waals surface area contributed by atoms with Crippen LogP contribution in [0.3, 0.4) is 0 Å². The molecule has 0 spiro atoms. The van der Waals surface area contributed by atoms with E-state index in [4.69, 9.17) is 0 Å². The molecule has 9 heteroatoms. The average Bonchev–Trinajstić information content (AvgIpc) is 3.20. The maximum absolute atomic E-state index is 12.8. The molecule has 168 valence electrons. The molecule has 32 heavy (non-hydrogen) atoms. The van der Waals surface area contributed by atoms with Gasteiger partial charge in [-0.25, -0.2) is 13.1 Å². The summed E-state index contributed by atoms with van der Waals surface area (Å²) in [5.74, 6) is -0.223. The highest BCUT2D eigenvalue weighted by molar-refractivity contribution is 7.89. The molecule has 1 amide bonds. The third kappa shape index (κ3) is 4.59. The molecule has 3 aromatic rings. The van der Waals surface area contributed by atoms with Gasteiger partial charge in [-0.05, 0) is 43.8 Å². The van der Waals surface area contributed by atoms with Gasteiger partial charge in [0.05, 0.1) is 28.0 Å². The summed E-state index contributed by atoms with van der Waals surface area (Å²) in [7, 11) is -1.51. The molecule has 0 unspecified atom stereocenters. The van der Waals surface area contributed by atoms with Crippen LogP contribution in [0, 0.1) is 6.92 Å². The third-order valence-corrected chi connectivity index (χ3v) is 7.64. The van der Waals surface area contributed by atoms with E-state index in [1.54, 1.807) is 35.1 Å². The Labute approximate surface area is 188 Å². The molecule has 1 aromatic heterocycles. The number of nitrogens with one attached hydrogen (secondary N) is 1. The van der Waals surface area contributed by atoms with Crippen molar-refractivity contribution in [3.8, 4) is 5.69 Å². The summed E-state index contributed by atoms with van der Waals surface area (Å²) < 4.78 is 28.9. The van der Waals surface area contributed by atoms with E-state index in [1.807, 2.05) is 44.3 Å². The molecule has 1 saturated heterocycles. The second-order valence-electron chi connectivity index (χ2n) is 7.92. The lowest BCUT2D eigenvalue weighted by Gasteiger charge is -2.31. The summed E-state index contributed by atoms with van der Waals surface area (Å²) in [6.45, 7) is 4.59. The van der Waals surface area contributed by atoms with Crippen LogP contribution in [-0.4, -0.2) is 66.5 Å². The van der Waals surface area contributed by atoms with Gasteiger partial charge in [-0.1, -0.05) is 30.3 Å². The number of likely N-dealkylation sites (N-methyl/N-ethyl adjacent to an activating group) is 1. The number of sulfonamides is 1. The van der Waals surface area contributed by atoms with E-state index in [2.05, 4.69) is 15.3 Å². The molecule has 1 N–H and O–H groups in total. The fourth-order valence-electron chi connectivity index (χ4n) is 3.70. The van der Waals surface area contributed by atoms with Crippen molar-refractivity contribution < 1.29 is 13.2 Å². The van der Waals surface area contributed by atoms with Crippen LogP contribution in [-0.2, 0) is 16.6 Å². The SMILES string of the molecule is Cc1c(C(=O)NCc2ccc(S(=O)(=O)N3CCN(C)CC3)cc2)cnn1-c1ccccc1. The molecule has 2 aromatic carbocycles. The second kappa shape index (κ2) is 9.23. The van der Waals surface area contributed by atoms with Gasteiger partial charge in [-0.3, -0.25) is 4.79 Å². The van der Waals surface area contributed by atoms with Gasteiger partial charge in [0.25, 0.3) is 5.91 Å². The minimum Gasteiger partial charge on any atom is -0.348 e. The van der Waals surface area contributed by atoms with E-state index in [-0.39, 0.29) is 10.8 Å². The van der Waals surface area contributed by atoms with E-state index in [0.29, 0.717) is 25.2 Å². The predicted molar refractivity (Wildman–Crippen MR) is 122 cm³/mol. The first-order chi connectivity index (χ1) is 15.4. The maximum atomic E-state index is 12.8. The Morgan fingerprint density at radius 2 is 1.66 bits per heavy atom. The lowest BCUT2D eigenvalue weighted by Crippen LogP contribution is -2.47. The van der Waals surface area contributed by atoms with Crippen molar-refractivity contribution in [2.45, 2.75) is 18.4 Å². The molecule has 1 aliphatic rings. The average molecular weight is 454 g/mol. The zero-order chi connectivity index (χ0) is 22.7. The Kier molecular flexibility index (Phi) is 6.40.